The zero-order valence-corrected chi connectivity index (χ0v) is 15.1. The van der Waals surface area contributed by atoms with Crippen molar-refractivity contribution in [1.29, 1.82) is 0 Å². The van der Waals surface area contributed by atoms with E-state index in [0.29, 0.717) is 0 Å². The Labute approximate surface area is 156 Å². The Morgan fingerprint density at radius 2 is 2.15 bits per heavy atom. The molecule has 0 bridgehead atoms. The van der Waals surface area contributed by atoms with Gasteiger partial charge in [0.05, 0.1) is 18.1 Å². The summed E-state index contributed by atoms with van der Waals surface area (Å²) in [4.78, 5) is 15.0. The third kappa shape index (κ3) is 2.67. The van der Waals surface area contributed by atoms with Gasteiger partial charge in [-0.25, -0.2) is 9.97 Å². The summed E-state index contributed by atoms with van der Waals surface area (Å²) in [5.74, 6) is 0.956. The molecule has 0 aliphatic carbocycles. The van der Waals surface area contributed by atoms with E-state index in [-0.39, 0.29) is 6.04 Å². The first kappa shape index (κ1) is 15.5. The molecule has 5 rings (SSSR count). The maximum absolute atomic E-state index is 4.64. The maximum atomic E-state index is 4.64. The van der Waals surface area contributed by atoms with Crippen molar-refractivity contribution >= 4 is 11.3 Å². The summed E-state index contributed by atoms with van der Waals surface area (Å²) in [7, 11) is 0. The maximum Gasteiger partial charge on any atom is 0.136 e. The second-order valence-corrected chi connectivity index (χ2v) is 7.28. The van der Waals surface area contributed by atoms with Crippen molar-refractivity contribution < 1.29 is 0 Å². The molecule has 6 heteroatoms. The van der Waals surface area contributed by atoms with Crippen molar-refractivity contribution in [2.45, 2.75) is 19.0 Å². The van der Waals surface area contributed by atoms with Gasteiger partial charge in [-0.3, -0.25) is 4.90 Å². The van der Waals surface area contributed by atoms with E-state index in [1.165, 1.54) is 17.0 Å². The highest BCUT2D eigenvalue weighted by Crippen LogP contribution is 2.35. The van der Waals surface area contributed by atoms with E-state index < -0.39 is 0 Å². The Balaban J connectivity index is 1.50. The second kappa shape index (κ2) is 6.55. The molecule has 1 aliphatic rings. The lowest BCUT2D eigenvalue weighted by Crippen LogP contribution is -2.36. The molecule has 0 saturated carbocycles. The Hall–Kier alpha value is -2.70. The molecule has 5 heterocycles. The van der Waals surface area contributed by atoms with Crippen LogP contribution in [0.15, 0.2) is 65.9 Å². The lowest BCUT2D eigenvalue weighted by molar-refractivity contribution is 0.197. The molecule has 0 amide bonds. The molecule has 0 aromatic carbocycles. The zero-order chi connectivity index (χ0) is 17.3. The molecule has 4 aromatic heterocycles. The molecule has 1 aliphatic heterocycles. The van der Waals surface area contributed by atoms with Gasteiger partial charge < -0.3 is 9.55 Å². The molecule has 0 radical (unpaired) electrons. The highest BCUT2D eigenvalue weighted by Gasteiger charge is 2.31. The number of aromatic nitrogens is 4. The fourth-order valence-corrected chi connectivity index (χ4v) is 4.45. The second-order valence-electron chi connectivity index (χ2n) is 6.50. The van der Waals surface area contributed by atoms with E-state index in [9.17, 15) is 0 Å². The van der Waals surface area contributed by atoms with Gasteiger partial charge >= 0.3 is 0 Å². The number of hydrogen-bond donors (Lipinski definition) is 1. The number of rotatable bonds is 4. The van der Waals surface area contributed by atoms with Gasteiger partial charge in [0, 0.05) is 43.3 Å². The Kier molecular flexibility index (Phi) is 3.92. The van der Waals surface area contributed by atoms with Crippen LogP contribution in [0.1, 0.15) is 28.7 Å². The summed E-state index contributed by atoms with van der Waals surface area (Å²) in [5.41, 5.74) is 4.98. The van der Waals surface area contributed by atoms with Crippen molar-refractivity contribution in [2.24, 2.45) is 0 Å². The smallest absolute Gasteiger partial charge is 0.136 e. The van der Waals surface area contributed by atoms with Crippen LogP contribution in [0.5, 0.6) is 0 Å². The number of hydrogen-bond acceptors (Lipinski definition) is 4. The first-order chi connectivity index (χ1) is 12.9. The van der Waals surface area contributed by atoms with Gasteiger partial charge in [0.25, 0.3) is 0 Å². The normalized spacial score (nSPS) is 17.3. The van der Waals surface area contributed by atoms with E-state index >= 15 is 0 Å². The molecule has 26 heavy (non-hydrogen) atoms. The fourth-order valence-electron chi connectivity index (χ4n) is 3.77. The number of thiophene rings is 1. The van der Waals surface area contributed by atoms with Crippen LogP contribution < -0.4 is 0 Å². The molecule has 0 saturated heterocycles. The molecular formula is C20H19N5S. The molecule has 1 atom stereocenters. The van der Waals surface area contributed by atoms with Gasteiger partial charge in [0.2, 0.25) is 0 Å². The number of aromatic amines is 1. The summed E-state index contributed by atoms with van der Waals surface area (Å²) in [5, 5.41) is 4.38. The number of H-pyrrole nitrogens is 1. The fraction of sp³-hybridized carbons (Fsp3) is 0.200. The van der Waals surface area contributed by atoms with E-state index in [1.807, 2.05) is 30.7 Å². The Bertz CT molecular complexity index is 986. The number of imidazole rings is 1. The number of fused-ring (bicyclic) bond motifs is 1. The third-order valence-corrected chi connectivity index (χ3v) is 5.68. The van der Waals surface area contributed by atoms with Crippen LogP contribution in [-0.4, -0.2) is 31.0 Å². The van der Waals surface area contributed by atoms with Gasteiger partial charge in [-0.1, -0.05) is 6.07 Å². The lowest BCUT2D eigenvalue weighted by atomic mass is 9.97. The van der Waals surface area contributed by atoms with Crippen molar-refractivity contribution in [3.05, 3.63) is 88.5 Å². The summed E-state index contributed by atoms with van der Waals surface area (Å²) in [6.45, 7) is 1.86. The Morgan fingerprint density at radius 3 is 3.00 bits per heavy atom. The lowest BCUT2D eigenvalue weighted by Gasteiger charge is -2.34. The van der Waals surface area contributed by atoms with Crippen molar-refractivity contribution in [2.75, 3.05) is 6.54 Å². The molecular weight excluding hydrogens is 342 g/mol. The highest BCUT2D eigenvalue weighted by molar-refractivity contribution is 7.08. The molecule has 1 N–H and O–H groups in total. The topological polar surface area (TPSA) is 49.7 Å². The van der Waals surface area contributed by atoms with Crippen LogP contribution in [0, 0.1) is 0 Å². The van der Waals surface area contributed by atoms with E-state index in [4.69, 9.17) is 0 Å². The predicted octanol–water partition coefficient (Wildman–Crippen LogP) is 3.80. The first-order valence-electron chi connectivity index (χ1n) is 8.76. The molecule has 0 spiro atoms. The summed E-state index contributed by atoms with van der Waals surface area (Å²) in [6.07, 6.45) is 6.75. The summed E-state index contributed by atoms with van der Waals surface area (Å²) in [6, 6.07) is 12.7. The first-order valence-corrected chi connectivity index (χ1v) is 9.70. The van der Waals surface area contributed by atoms with Crippen LogP contribution in [0.2, 0.25) is 0 Å². The van der Waals surface area contributed by atoms with Crippen LogP contribution in [0.4, 0.5) is 0 Å². The largest absolute Gasteiger partial charge is 0.348 e. The van der Waals surface area contributed by atoms with Gasteiger partial charge in [0.1, 0.15) is 5.82 Å². The monoisotopic (exact) mass is 361 g/mol. The molecule has 5 nitrogen and oxygen atoms in total. The van der Waals surface area contributed by atoms with E-state index in [0.717, 1.165) is 31.0 Å². The van der Waals surface area contributed by atoms with Gasteiger partial charge in [-0.2, -0.15) is 11.3 Å². The number of nitrogens with zero attached hydrogens (tertiary/aromatic N) is 4. The molecule has 0 unspecified atom stereocenters. The van der Waals surface area contributed by atoms with Gasteiger partial charge in [-0.15, -0.1) is 0 Å². The minimum Gasteiger partial charge on any atom is -0.348 e. The SMILES string of the molecule is c1ccc(-n2cccc2CN2CCc3[nH]cnc3[C@H]2c2ccsc2)nc1. The summed E-state index contributed by atoms with van der Waals surface area (Å²) >= 11 is 1.74. The average molecular weight is 361 g/mol. The molecule has 0 fully saturated rings. The van der Waals surface area contributed by atoms with E-state index in [2.05, 4.69) is 59.6 Å². The number of pyridine rings is 1. The quantitative estimate of drug-likeness (QED) is 0.601. The molecule has 130 valence electrons. The van der Waals surface area contributed by atoms with Crippen LogP contribution in [0.3, 0.4) is 0 Å². The Morgan fingerprint density at radius 1 is 1.15 bits per heavy atom. The van der Waals surface area contributed by atoms with E-state index in [1.54, 1.807) is 11.3 Å². The zero-order valence-electron chi connectivity index (χ0n) is 14.2. The standard InChI is InChI=1S/C20H19N5S/c1-2-8-21-18(5-1)25-9-3-4-16(25)12-24-10-6-17-19(23-14-22-17)20(24)15-7-11-26-13-15/h1-5,7-9,11,13-14,20H,6,10,12H2,(H,22,23)/t20-/m1/s1. The predicted molar refractivity (Wildman–Crippen MR) is 102 cm³/mol. The highest BCUT2D eigenvalue weighted by atomic mass is 32.1. The van der Waals surface area contributed by atoms with Crippen LogP contribution in [0.25, 0.3) is 5.82 Å². The van der Waals surface area contributed by atoms with Crippen LogP contribution in [-0.2, 0) is 13.0 Å². The minimum absolute atomic E-state index is 0.198. The molecule has 4 aromatic rings. The minimum atomic E-state index is 0.198. The average Bonchev–Trinajstić information content (AvgIpc) is 3.44. The third-order valence-electron chi connectivity index (χ3n) is 4.98. The van der Waals surface area contributed by atoms with Crippen molar-refractivity contribution in [1.82, 2.24) is 24.4 Å². The van der Waals surface area contributed by atoms with Crippen molar-refractivity contribution in [3.8, 4) is 5.82 Å². The van der Waals surface area contributed by atoms with Crippen molar-refractivity contribution in [3.63, 3.8) is 0 Å². The summed E-state index contributed by atoms with van der Waals surface area (Å²) < 4.78 is 2.17. The van der Waals surface area contributed by atoms with Gasteiger partial charge in [0.15, 0.2) is 0 Å². The van der Waals surface area contributed by atoms with Crippen LogP contribution >= 0.6 is 11.3 Å². The number of nitrogens with one attached hydrogen (secondary N) is 1. The van der Waals surface area contributed by atoms with Gasteiger partial charge in [-0.05, 0) is 46.7 Å².